The lowest BCUT2D eigenvalue weighted by molar-refractivity contribution is 0.0484. The Bertz CT molecular complexity index is 1220. The molecular weight excluding hydrogens is 495 g/mol. The van der Waals surface area contributed by atoms with Crippen LogP contribution in [0.4, 0.5) is 0 Å². The first-order valence-corrected chi connectivity index (χ1v) is 13.9. The lowest BCUT2D eigenvalue weighted by atomic mass is 9.99. The predicted molar refractivity (Wildman–Crippen MR) is 146 cm³/mol. The van der Waals surface area contributed by atoms with E-state index in [4.69, 9.17) is 27.9 Å². The van der Waals surface area contributed by atoms with Crippen LogP contribution in [0.15, 0.2) is 24.4 Å². The van der Waals surface area contributed by atoms with Crippen molar-refractivity contribution in [2.45, 2.75) is 57.7 Å². The summed E-state index contributed by atoms with van der Waals surface area (Å²) in [6.07, 6.45) is 11.0. The Morgan fingerprint density at radius 3 is 2.86 bits per heavy atom. The minimum absolute atomic E-state index is 0.0851. The van der Waals surface area contributed by atoms with E-state index in [2.05, 4.69) is 25.8 Å². The number of ether oxygens (including phenoxy) is 1. The highest BCUT2D eigenvalue weighted by Gasteiger charge is 2.28. The topological polar surface area (TPSA) is 49.7 Å². The quantitative estimate of drug-likeness (QED) is 0.566. The maximum absolute atomic E-state index is 13.2. The number of carbonyl (C=O) groups is 1. The summed E-state index contributed by atoms with van der Waals surface area (Å²) in [5.74, 6) is 0.880. The van der Waals surface area contributed by atoms with Crippen molar-refractivity contribution < 1.29 is 9.53 Å². The summed E-state index contributed by atoms with van der Waals surface area (Å²) < 4.78 is 7.99. The smallest absolute Gasteiger partial charge is 0.253 e. The van der Waals surface area contributed by atoms with Crippen LogP contribution < -0.4 is 15.9 Å². The molecule has 2 aromatic rings. The van der Waals surface area contributed by atoms with E-state index in [9.17, 15) is 4.79 Å². The lowest BCUT2D eigenvalue weighted by Crippen LogP contribution is -2.54. The number of nitrogens with one attached hydrogen (secondary N) is 1. The summed E-state index contributed by atoms with van der Waals surface area (Å²) >= 11 is 12.2. The third-order valence-corrected chi connectivity index (χ3v) is 8.56. The van der Waals surface area contributed by atoms with E-state index in [-0.39, 0.29) is 5.91 Å². The molecule has 1 unspecified atom stereocenters. The van der Waals surface area contributed by atoms with Crippen LogP contribution in [0, 0.1) is 0 Å². The molecule has 2 aliphatic heterocycles. The van der Waals surface area contributed by atoms with Gasteiger partial charge in [-0.05, 0) is 56.5 Å². The molecule has 0 saturated carbocycles. The number of methoxy groups -OCH3 is 1. The number of halogens is 2. The van der Waals surface area contributed by atoms with Gasteiger partial charge in [0.25, 0.3) is 5.91 Å². The van der Waals surface area contributed by atoms with Gasteiger partial charge >= 0.3 is 0 Å². The Morgan fingerprint density at radius 1 is 1.14 bits per heavy atom. The van der Waals surface area contributed by atoms with Crippen LogP contribution in [0.2, 0.25) is 10.0 Å². The van der Waals surface area contributed by atoms with Gasteiger partial charge in [-0.1, -0.05) is 41.8 Å². The van der Waals surface area contributed by atoms with Gasteiger partial charge in [-0.2, -0.15) is 0 Å². The van der Waals surface area contributed by atoms with Gasteiger partial charge in [-0.25, -0.2) is 0 Å². The molecule has 1 N–H and O–H groups in total. The predicted octanol–water partition coefficient (Wildman–Crippen LogP) is 3.61. The van der Waals surface area contributed by atoms with Crippen molar-refractivity contribution in [3.05, 3.63) is 56.1 Å². The molecule has 1 aliphatic carbocycles. The Kier molecular flexibility index (Phi) is 8.26. The molecule has 0 spiro atoms. The third kappa shape index (κ3) is 5.62. The minimum atomic E-state index is -0.0851. The molecule has 2 saturated heterocycles. The lowest BCUT2D eigenvalue weighted by Gasteiger charge is -2.44. The number of hydrogen-bond donors (Lipinski definition) is 1. The van der Waals surface area contributed by atoms with Crippen molar-refractivity contribution in [1.29, 1.82) is 0 Å². The van der Waals surface area contributed by atoms with Gasteiger partial charge in [0.1, 0.15) is 5.76 Å². The number of nitrogens with zero attached hydrogens (tertiary/aromatic N) is 3. The van der Waals surface area contributed by atoms with Gasteiger partial charge in [-0.3, -0.25) is 9.69 Å². The normalized spacial score (nSPS) is 20.4. The summed E-state index contributed by atoms with van der Waals surface area (Å²) in [5.41, 5.74) is 1.62. The molecule has 8 heteroatoms. The molecule has 1 aromatic heterocycles. The van der Waals surface area contributed by atoms with Crippen LogP contribution in [-0.4, -0.2) is 66.1 Å². The van der Waals surface area contributed by atoms with Crippen molar-refractivity contribution in [2.24, 2.45) is 0 Å². The van der Waals surface area contributed by atoms with Crippen LogP contribution in [-0.2, 0) is 17.8 Å². The summed E-state index contributed by atoms with van der Waals surface area (Å²) in [4.78, 5) is 18.5. The van der Waals surface area contributed by atoms with Gasteiger partial charge < -0.3 is 19.5 Å². The first kappa shape index (κ1) is 25.7. The van der Waals surface area contributed by atoms with E-state index < -0.39 is 0 Å². The van der Waals surface area contributed by atoms with Crippen LogP contribution >= 0.6 is 23.2 Å². The molecule has 3 aliphatic rings. The second-order valence-corrected chi connectivity index (χ2v) is 11.0. The van der Waals surface area contributed by atoms with Gasteiger partial charge in [0.2, 0.25) is 0 Å². The number of aromatic nitrogens is 1. The highest BCUT2D eigenvalue weighted by molar-refractivity contribution is 6.42. The Labute approximate surface area is 223 Å². The number of amides is 1. The Morgan fingerprint density at radius 2 is 2.03 bits per heavy atom. The van der Waals surface area contributed by atoms with E-state index in [0.717, 1.165) is 66.8 Å². The number of benzene rings is 1. The molecule has 0 radical (unpaired) electrons. The average molecular weight is 532 g/mol. The summed E-state index contributed by atoms with van der Waals surface area (Å²) in [6, 6.07) is 6.16. The average Bonchev–Trinajstić information content (AvgIpc) is 3.28. The molecule has 194 valence electrons. The number of piperazine rings is 1. The largest absolute Gasteiger partial charge is 0.499 e. The molecule has 1 aromatic carbocycles. The zero-order chi connectivity index (χ0) is 25.1. The van der Waals surface area contributed by atoms with E-state index in [0.29, 0.717) is 22.2 Å². The first-order chi connectivity index (χ1) is 17.5. The van der Waals surface area contributed by atoms with E-state index in [1.165, 1.54) is 38.9 Å². The highest BCUT2D eigenvalue weighted by atomic mass is 35.5. The number of aryl methyl sites for hydroxylation is 1. The number of piperidine rings is 1. The monoisotopic (exact) mass is 530 g/mol. The number of carbonyl (C=O) groups excluding carboxylic acids is 1. The van der Waals surface area contributed by atoms with Crippen LogP contribution in [0.5, 0.6) is 0 Å². The van der Waals surface area contributed by atoms with E-state index in [1.54, 1.807) is 19.2 Å². The molecular formula is C28H36Cl2N4O2. The molecule has 36 heavy (non-hydrogen) atoms. The number of rotatable bonds is 8. The zero-order valence-electron chi connectivity index (χ0n) is 21.1. The van der Waals surface area contributed by atoms with Crippen LogP contribution in [0.25, 0.3) is 11.8 Å². The molecule has 3 heterocycles. The second kappa shape index (κ2) is 11.6. The molecule has 6 nitrogen and oxygen atoms in total. The zero-order valence-corrected chi connectivity index (χ0v) is 22.6. The van der Waals surface area contributed by atoms with Gasteiger partial charge in [0.15, 0.2) is 0 Å². The number of hydrogen-bond acceptors (Lipinski definition) is 4. The van der Waals surface area contributed by atoms with Gasteiger partial charge in [0.05, 0.1) is 28.1 Å². The van der Waals surface area contributed by atoms with Crippen molar-refractivity contribution in [1.82, 2.24) is 19.7 Å². The van der Waals surface area contributed by atoms with Crippen molar-refractivity contribution in [3.8, 4) is 0 Å². The Balaban J connectivity index is 1.27. The molecule has 5 rings (SSSR count). The molecule has 1 atom stereocenters. The van der Waals surface area contributed by atoms with Crippen LogP contribution in [0.1, 0.15) is 54.4 Å². The van der Waals surface area contributed by atoms with E-state index in [1.807, 2.05) is 12.3 Å². The second-order valence-electron chi connectivity index (χ2n) is 10.1. The summed E-state index contributed by atoms with van der Waals surface area (Å²) in [7, 11) is 1.73. The number of fused-ring (bicyclic) bond motifs is 2. The molecule has 2 fully saturated rings. The van der Waals surface area contributed by atoms with Crippen molar-refractivity contribution >= 4 is 40.9 Å². The molecule has 0 bridgehead atoms. The van der Waals surface area contributed by atoms with E-state index >= 15 is 0 Å². The summed E-state index contributed by atoms with van der Waals surface area (Å²) in [5, 5.41) is 6.10. The fourth-order valence-corrected chi connectivity index (χ4v) is 6.25. The SMILES string of the molecule is COC1=c2c(c(C(=O)NCc3ccc(Cl)c(Cl)c3)cn2CCCN2CCN3CCCCC3C2)=CCC1. The van der Waals surface area contributed by atoms with Crippen molar-refractivity contribution in [3.63, 3.8) is 0 Å². The Hall–Kier alpha value is -1.99. The fourth-order valence-electron chi connectivity index (χ4n) is 5.93. The molecule has 1 amide bonds. The minimum Gasteiger partial charge on any atom is -0.499 e. The maximum Gasteiger partial charge on any atom is 0.253 e. The third-order valence-electron chi connectivity index (χ3n) is 7.82. The highest BCUT2D eigenvalue weighted by Crippen LogP contribution is 2.23. The van der Waals surface area contributed by atoms with Crippen LogP contribution in [0.3, 0.4) is 0 Å². The first-order valence-electron chi connectivity index (χ1n) is 13.2. The van der Waals surface area contributed by atoms with Gasteiger partial charge in [0, 0.05) is 56.6 Å². The summed E-state index contributed by atoms with van der Waals surface area (Å²) in [6.45, 7) is 7.17. The maximum atomic E-state index is 13.2. The van der Waals surface area contributed by atoms with Crippen molar-refractivity contribution in [2.75, 3.05) is 39.8 Å². The fraction of sp³-hybridized carbons (Fsp3) is 0.536. The van der Waals surface area contributed by atoms with Gasteiger partial charge in [-0.15, -0.1) is 0 Å². The standard InChI is InChI=1S/C28H36Cl2N4O2/c1-36-26-8-4-7-22-23(28(35)31-17-20-9-10-24(29)25(30)16-20)19-34(27(22)26)13-5-11-32-14-15-33-12-3-2-6-21(33)18-32/h7,9-10,16,19,21H,2-6,8,11-15,17-18H2,1H3,(H,31,35).